The Balaban J connectivity index is 1.36. The summed E-state index contributed by atoms with van der Waals surface area (Å²) in [6, 6.07) is 0. The number of amides is 1. The van der Waals surface area contributed by atoms with Gasteiger partial charge in [-0.05, 0) is 119 Å². The van der Waals surface area contributed by atoms with E-state index in [4.69, 9.17) is 9.47 Å². The third-order valence-corrected chi connectivity index (χ3v) is 13.7. The van der Waals surface area contributed by atoms with Gasteiger partial charge in [0.05, 0.1) is 23.9 Å². The number of aliphatic hydroxyl groups is 2. The van der Waals surface area contributed by atoms with Crippen LogP contribution in [0.4, 0.5) is 0 Å². The summed E-state index contributed by atoms with van der Waals surface area (Å²) in [6.07, 6.45) is 6.84. The normalized spacial score (nSPS) is 53.8. The minimum absolute atomic E-state index is 0.00182. The minimum Gasteiger partial charge on any atom is -0.390 e. The van der Waals surface area contributed by atoms with E-state index in [1.807, 2.05) is 20.8 Å². The maximum atomic E-state index is 12.7. The predicted molar refractivity (Wildman–Crippen MR) is 146 cm³/mol. The number of ether oxygens (including phenoxy) is 2. The van der Waals surface area contributed by atoms with Crippen LogP contribution >= 0.6 is 0 Å². The minimum atomic E-state index is -1.02. The second-order valence-corrected chi connectivity index (χ2v) is 16.0. The molecule has 6 rings (SSSR count). The molecule has 3 N–H and O–H groups in total. The molecule has 0 aromatic heterocycles. The van der Waals surface area contributed by atoms with Crippen LogP contribution < -0.4 is 5.32 Å². The molecule has 0 bridgehead atoms. The molecule has 2 spiro atoms. The van der Waals surface area contributed by atoms with Crippen molar-refractivity contribution in [3.8, 4) is 0 Å². The highest BCUT2D eigenvalue weighted by molar-refractivity contribution is 5.77. The highest BCUT2D eigenvalue weighted by atomic mass is 16.6. The zero-order valence-electron chi connectivity index (χ0n) is 25.1. The van der Waals surface area contributed by atoms with Gasteiger partial charge in [-0.25, -0.2) is 0 Å². The van der Waals surface area contributed by atoms with Crippen molar-refractivity contribution in [3.63, 3.8) is 0 Å². The van der Waals surface area contributed by atoms with E-state index in [1.165, 1.54) is 12.8 Å². The topological polar surface area (TPSA) is 88.0 Å². The third kappa shape index (κ3) is 3.24. The van der Waals surface area contributed by atoms with Gasteiger partial charge in [0.1, 0.15) is 6.10 Å². The highest BCUT2D eigenvalue weighted by Gasteiger charge is 2.84. The van der Waals surface area contributed by atoms with Crippen molar-refractivity contribution in [3.05, 3.63) is 0 Å². The third-order valence-electron chi connectivity index (χ3n) is 13.7. The van der Waals surface area contributed by atoms with E-state index in [9.17, 15) is 15.0 Å². The monoisotopic (exact) mass is 531 g/mol. The molecular formula is C32H53NO5. The molecule has 0 aromatic rings. The average molecular weight is 532 g/mol. The number of hydrogen-bond donors (Lipinski definition) is 3. The van der Waals surface area contributed by atoms with Crippen LogP contribution in [0.1, 0.15) is 107 Å². The summed E-state index contributed by atoms with van der Waals surface area (Å²) in [5, 5.41) is 26.7. The Kier molecular flexibility index (Phi) is 5.93. The van der Waals surface area contributed by atoms with E-state index in [0.29, 0.717) is 36.7 Å². The number of rotatable bonds is 4. The molecule has 12 atom stereocenters. The maximum Gasteiger partial charge on any atom is 0.220 e. The first-order valence-corrected chi connectivity index (χ1v) is 15.6. The number of aliphatic hydroxyl groups excluding tert-OH is 1. The fraction of sp³-hybridized carbons (Fsp3) is 0.969. The summed E-state index contributed by atoms with van der Waals surface area (Å²) < 4.78 is 12.9. The molecule has 2 saturated heterocycles. The highest BCUT2D eigenvalue weighted by Crippen LogP contribution is 2.88. The Bertz CT molecular complexity index is 991. The summed E-state index contributed by atoms with van der Waals surface area (Å²) in [5.74, 6) is 1.83. The Morgan fingerprint density at radius 3 is 2.42 bits per heavy atom. The first-order valence-electron chi connectivity index (χ1n) is 15.6. The van der Waals surface area contributed by atoms with Crippen LogP contribution in [0, 0.1) is 45.3 Å². The molecule has 6 nitrogen and oxygen atoms in total. The SMILES string of the molecule is CCOC(C1CC(C)C2C(O1)C(O)C1(C)C3CCC4C(C)(C)NC(=O)CCC45CC35CCC21C)C(C)(C)O. The standard InChI is InChI=1S/C32H53NO5/c1-9-37-26(28(5,6)36)19-16-18(2)23-24(38-19)25(35)30(8)21-11-10-20-27(3,4)33-22(34)12-13-31(20)17-32(21,31)15-14-29(23,30)7/h18-21,23-26,35-36H,9-17H2,1-8H3,(H,33,34). The Hall–Kier alpha value is -0.690. The number of nitrogens with one attached hydrogen (secondary N) is 1. The molecule has 2 aliphatic heterocycles. The molecule has 6 aliphatic rings. The van der Waals surface area contributed by atoms with E-state index >= 15 is 0 Å². The fourth-order valence-electron chi connectivity index (χ4n) is 12.3. The van der Waals surface area contributed by atoms with Crippen molar-refractivity contribution in [2.45, 2.75) is 142 Å². The largest absolute Gasteiger partial charge is 0.390 e. The van der Waals surface area contributed by atoms with Gasteiger partial charge in [-0.15, -0.1) is 0 Å². The first kappa shape index (κ1) is 27.5. The van der Waals surface area contributed by atoms with Crippen molar-refractivity contribution in [2.24, 2.45) is 45.3 Å². The number of carbonyl (C=O) groups excluding carboxylic acids is 1. The Morgan fingerprint density at radius 1 is 1.11 bits per heavy atom. The summed E-state index contributed by atoms with van der Waals surface area (Å²) in [7, 11) is 0. The van der Waals surface area contributed by atoms with Crippen molar-refractivity contribution in [1.29, 1.82) is 0 Å². The first-order chi connectivity index (χ1) is 17.6. The fourth-order valence-corrected chi connectivity index (χ4v) is 12.3. The zero-order valence-corrected chi connectivity index (χ0v) is 25.1. The molecule has 6 heteroatoms. The van der Waals surface area contributed by atoms with Gasteiger partial charge in [0, 0.05) is 24.0 Å². The molecule has 4 aliphatic carbocycles. The summed E-state index contributed by atoms with van der Waals surface area (Å²) >= 11 is 0. The summed E-state index contributed by atoms with van der Waals surface area (Å²) in [5.41, 5.74) is -0.988. The number of hydrogen-bond acceptors (Lipinski definition) is 5. The van der Waals surface area contributed by atoms with E-state index in [-0.39, 0.29) is 45.3 Å². The van der Waals surface area contributed by atoms with Crippen LogP contribution in [0.25, 0.3) is 0 Å². The van der Waals surface area contributed by atoms with Gasteiger partial charge in [0.15, 0.2) is 0 Å². The quantitative estimate of drug-likeness (QED) is 0.483. The van der Waals surface area contributed by atoms with E-state index in [2.05, 4.69) is 39.9 Å². The average Bonchev–Trinajstić information content (AvgIpc) is 3.47. The zero-order chi connectivity index (χ0) is 27.7. The van der Waals surface area contributed by atoms with E-state index < -0.39 is 17.8 Å². The lowest BCUT2D eigenvalue weighted by molar-refractivity contribution is -0.215. The Labute approximate surface area is 230 Å². The van der Waals surface area contributed by atoms with Gasteiger partial charge in [-0.2, -0.15) is 0 Å². The molecule has 0 radical (unpaired) electrons. The smallest absolute Gasteiger partial charge is 0.220 e. The van der Waals surface area contributed by atoms with Crippen LogP contribution in [0.2, 0.25) is 0 Å². The van der Waals surface area contributed by atoms with Crippen LogP contribution in [-0.2, 0) is 14.3 Å². The van der Waals surface area contributed by atoms with Crippen molar-refractivity contribution in [2.75, 3.05) is 6.61 Å². The van der Waals surface area contributed by atoms with Crippen LogP contribution in [0.5, 0.6) is 0 Å². The maximum absolute atomic E-state index is 12.7. The Morgan fingerprint density at radius 2 is 1.76 bits per heavy atom. The van der Waals surface area contributed by atoms with Crippen molar-refractivity contribution in [1.82, 2.24) is 5.32 Å². The molecule has 12 unspecified atom stereocenters. The van der Waals surface area contributed by atoms with E-state index in [0.717, 1.165) is 32.1 Å². The van der Waals surface area contributed by atoms with Crippen LogP contribution in [0.15, 0.2) is 0 Å². The summed E-state index contributed by atoms with van der Waals surface area (Å²) in [6.45, 7) is 17.8. The summed E-state index contributed by atoms with van der Waals surface area (Å²) in [4.78, 5) is 12.7. The van der Waals surface area contributed by atoms with Crippen molar-refractivity contribution < 1.29 is 24.5 Å². The number of fused-ring (bicyclic) bond motifs is 4. The van der Waals surface area contributed by atoms with Gasteiger partial charge in [-0.3, -0.25) is 4.79 Å². The number of carbonyl (C=O) groups is 1. The van der Waals surface area contributed by atoms with Crippen molar-refractivity contribution >= 4 is 5.91 Å². The second kappa shape index (κ2) is 8.20. The second-order valence-electron chi connectivity index (χ2n) is 16.0. The molecule has 1 amide bonds. The lowest BCUT2D eigenvalue weighted by Crippen LogP contribution is -2.59. The van der Waals surface area contributed by atoms with Gasteiger partial charge < -0.3 is 25.0 Å². The molecule has 4 saturated carbocycles. The molecule has 6 fully saturated rings. The molecule has 0 aromatic carbocycles. The lowest BCUT2D eigenvalue weighted by Gasteiger charge is -2.62. The van der Waals surface area contributed by atoms with Gasteiger partial charge in [-0.1, -0.05) is 20.8 Å². The molecule has 2 heterocycles. The lowest BCUT2D eigenvalue weighted by atomic mass is 9.43. The van der Waals surface area contributed by atoms with Crippen LogP contribution in [-0.4, -0.2) is 58.3 Å². The molecule has 216 valence electrons. The predicted octanol–water partition coefficient (Wildman–Crippen LogP) is 4.84. The van der Waals surface area contributed by atoms with Gasteiger partial charge >= 0.3 is 0 Å². The van der Waals surface area contributed by atoms with Gasteiger partial charge in [0.25, 0.3) is 0 Å². The molecule has 38 heavy (non-hydrogen) atoms. The van der Waals surface area contributed by atoms with E-state index in [1.54, 1.807) is 0 Å². The molecular weight excluding hydrogens is 478 g/mol. The van der Waals surface area contributed by atoms with Gasteiger partial charge in [0.2, 0.25) is 5.91 Å². The van der Waals surface area contributed by atoms with Crippen LogP contribution in [0.3, 0.4) is 0 Å².